The molecule has 178 valence electrons. The molecule has 0 aliphatic heterocycles. The summed E-state index contributed by atoms with van der Waals surface area (Å²) in [7, 11) is -4.63. The number of benzene rings is 3. The molecule has 0 radical (unpaired) electrons. The number of phenolic OH excluding ortho intramolecular Hbond substituents is 2. The van der Waals surface area contributed by atoms with Crippen molar-refractivity contribution in [2.24, 2.45) is 0 Å². The van der Waals surface area contributed by atoms with Gasteiger partial charge in [-0.2, -0.15) is 5.26 Å². The molecule has 0 saturated carbocycles. The summed E-state index contributed by atoms with van der Waals surface area (Å²) in [6, 6.07) is 15.9. The molecule has 5 aromatic rings. The van der Waals surface area contributed by atoms with Gasteiger partial charge in [0.15, 0.2) is 17.1 Å². The van der Waals surface area contributed by atoms with Crippen LogP contribution in [-0.2, 0) is 10.1 Å². The van der Waals surface area contributed by atoms with Crippen molar-refractivity contribution in [3.8, 4) is 29.0 Å². The molecule has 10 nitrogen and oxygen atoms in total. The van der Waals surface area contributed by atoms with Crippen LogP contribution in [0.25, 0.3) is 45.2 Å². The number of fused-ring (bicyclic) bond motifs is 2. The Hall–Kier alpha value is -3.92. The van der Waals surface area contributed by atoms with Crippen molar-refractivity contribution < 1.29 is 61.6 Å². The van der Waals surface area contributed by atoms with Gasteiger partial charge in [0.25, 0.3) is 0 Å². The van der Waals surface area contributed by atoms with Gasteiger partial charge in [-0.05, 0) is 54.1 Å². The number of nitrogens with zero attached hydrogens (tertiary/aromatic N) is 2. The summed E-state index contributed by atoms with van der Waals surface area (Å²) >= 11 is 0. The maximum absolute atomic E-state index is 12.4. The summed E-state index contributed by atoms with van der Waals surface area (Å²) in [6.07, 6.45) is 1.34. The second-order valence-corrected chi connectivity index (χ2v) is 9.10. The van der Waals surface area contributed by atoms with Crippen LogP contribution in [-0.4, -0.2) is 28.2 Å². The molecule has 0 unspecified atom stereocenters. The van der Waals surface area contributed by atoms with Crippen LogP contribution >= 0.6 is 0 Å². The second kappa shape index (κ2) is 9.85. The third kappa shape index (κ3) is 5.15. The number of allylic oxidation sites excluding steroid dienone is 1. The second-order valence-electron chi connectivity index (χ2n) is 7.72. The maximum Gasteiger partial charge on any atom is 1.00 e. The third-order valence-corrected chi connectivity index (χ3v) is 6.20. The molecule has 0 atom stereocenters. The van der Waals surface area contributed by atoms with Crippen LogP contribution < -0.4 is 35.2 Å². The Labute approximate surface area is 230 Å². The monoisotopic (exact) mass is 524 g/mol. The molecule has 2 N–H and O–H groups in total. The van der Waals surface area contributed by atoms with Gasteiger partial charge in [0.2, 0.25) is 5.89 Å². The number of hydrogen-bond donors (Lipinski definition) is 2. The topological polar surface area (TPSA) is 178 Å². The molecule has 0 saturated heterocycles. The predicted octanol–water partition coefficient (Wildman–Crippen LogP) is 0.985. The first-order valence-electron chi connectivity index (χ1n) is 10.2. The zero-order valence-corrected chi connectivity index (χ0v) is 21.8. The number of rotatable bonds is 4. The van der Waals surface area contributed by atoms with Crippen molar-refractivity contribution in [3.63, 3.8) is 0 Å². The van der Waals surface area contributed by atoms with E-state index in [-0.39, 0.29) is 63.4 Å². The number of oxazole rings is 1. The van der Waals surface area contributed by atoms with Crippen molar-refractivity contribution in [2.75, 3.05) is 0 Å². The van der Waals surface area contributed by atoms with E-state index in [9.17, 15) is 33.2 Å². The molecule has 12 heteroatoms. The summed E-state index contributed by atoms with van der Waals surface area (Å²) in [5.74, 6) is -0.633. The van der Waals surface area contributed by atoms with Crippen molar-refractivity contribution in [1.82, 2.24) is 4.98 Å². The van der Waals surface area contributed by atoms with Crippen LogP contribution in [0.5, 0.6) is 11.5 Å². The Kier molecular flexibility index (Phi) is 6.96. The fraction of sp³-hybridized carbons (Fsp3) is 0. The third-order valence-electron chi connectivity index (χ3n) is 5.37. The van der Waals surface area contributed by atoms with Gasteiger partial charge in [-0.25, -0.2) is 18.2 Å². The van der Waals surface area contributed by atoms with E-state index in [2.05, 4.69) is 4.98 Å². The fourth-order valence-corrected chi connectivity index (χ4v) is 4.07. The molecule has 37 heavy (non-hydrogen) atoms. The van der Waals surface area contributed by atoms with Crippen LogP contribution in [0.1, 0.15) is 11.1 Å². The van der Waals surface area contributed by atoms with E-state index in [1.54, 1.807) is 24.3 Å². The molecule has 0 spiro atoms. The van der Waals surface area contributed by atoms with Gasteiger partial charge in [0.1, 0.15) is 21.2 Å². The Morgan fingerprint density at radius 1 is 0.973 bits per heavy atom. The standard InChI is InChI=1S/C25H14N2O8S.Na/c26-12-17(8-16-7-15-9-20(28)21(29)11-23(15)35-25(16)30)13-1-3-14(4-2-13)24-27-19-10-18(36(31,32)33)5-6-22(19)34-24;/h1-11,28-29H,(H,31,32,33);/q;+1/p-1/b17-8+;. The Bertz CT molecular complexity index is 1920. The van der Waals surface area contributed by atoms with Crippen LogP contribution in [0.3, 0.4) is 0 Å². The Morgan fingerprint density at radius 3 is 2.35 bits per heavy atom. The summed E-state index contributed by atoms with van der Waals surface area (Å²) < 4.78 is 44.5. The minimum atomic E-state index is -4.63. The van der Waals surface area contributed by atoms with Gasteiger partial charge in [-0.3, -0.25) is 0 Å². The molecule has 5 rings (SSSR count). The summed E-state index contributed by atoms with van der Waals surface area (Å²) in [5, 5.41) is 29.3. The quantitative estimate of drug-likeness (QED) is 0.113. The number of aromatic nitrogens is 1. The summed E-state index contributed by atoms with van der Waals surface area (Å²) in [5.41, 5.74) is 1.06. The molecule has 0 bridgehead atoms. The summed E-state index contributed by atoms with van der Waals surface area (Å²) in [6.45, 7) is 0. The van der Waals surface area contributed by atoms with Gasteiger partial charge in [0.05, 0.1) is 22.1 Å². The maximum atomic E-state index is 12.4. The molecule has 2 aromatic heterocycles. The van der Waals surface area contributed by atoms with Crippen molar-refractivity contribution in [1.29, 1.82) is 5.26 Å². The van der Waals surface area contributed by atoms with Crippen molar-refractivity contribution in [2.45, 2.75) is 4.90 Å². The number of nitriles is 1. The molecule has 0 aliphatic rings. The molecule has 3 aromatic carbocycles. The van der Waals surface area contributed by atoms with Crippen molar-refractivity contribution in [3.05, 3.63) is 82.2 Å². The zero-order chi connectivity index (χ0) is 25.6. The fourth-order valence-electron chi connectivity index (χ4n) is 3.58. The normalized spacial score (nSPS) is 11.8. The van der Waals surface area contributed by atoms with Gasteiger partial charge in [-0.15, -0.1) is 0 Å². The number of aromatic hydroxyl groups is 2. The van der Waals surface area contributed by atoms with Gasteiger partial charge >= 0.3 is 35.2 Å². The number of hydrogen-bond acceptors (Lipinski definition) is 10. The van der Waals surface area contributed by atoms with E-state index in [0.29, 0.717) is 22.1 Å². The minimum Gasteiger partial charge on any atom is -0.744 e. The minimum absolute atomic E-state index is 0. The largest absolute Gasteiger partial charge is 1.00 e. The summed E-state index contributed by atoms with van der Waals surface area (Å²) in [4.78, 5) is 16.2. The Morgan fingerprint density at radius 2 is 1.68 bits per heavy atom. The molecule has 2 heterocycles. The molecule has 0 aliphatic carbocycles. The van der Waals surface area contributed by atoms with Crippen LogP contribution in [0, 0.1) is 11.3 Å². The average molecular weight is 524 g/mol. The first kappa shape index (κ1) is 26.2. The molecular weight excluding hydrogens is 511 g/mol. The first-order valence-corrected chi connectivity index (χ1v) is 11.6. The van der Waals surface area contributed by atoms with E-state index < -0.39 is 26.4 Å². The molecule has 0 fully saturated rings. The number of phenols is 2. The van der Waals surface area contributed by atoms with E-state index in [0.717, 1.165) is 18.2 Å². The molecule has 0 amide bonds. The van der Waals surface area contributed by atoms with E-state index in [1.807, 2.05) is 6.07 Å². The van der Waals surface area contributed by atoms with Crippen molar-refractivity contribution >= 4 is 43.8 Å². The average Bonchev–Trinajstić information content (AvgIpc) is 3.27. The van der Waals surface area contributed by atoms with E-state index in [4.69, 9.17) is 8.83 Å². The van der Waals surface area contributed by atoms with Gasteiger partial charge in [-0.1, -0.05) is 12.1 Å². The van der Waals surface area contributed by atoms with Gasteiger partial charge < -0.3 is 23.6 Å². The predicted molar refractivity (Wildman–Crippen MR) is 127 cm³/mol. The zero-order valence-electron chi connectivity index (χ0n) is 19.0. The Balaban J connectivity index is 0.00000320. The molecular formula is C25H13N2NaO8S. The van der Waals surface area contributed by atoms with E-state index in [1.165, 1.54) is 24.3 Å². The SMILES string of the molecule is N#C/C(=C\c1cc2cc(O)c(O)cc2oc1=O)c1ccc(-c2nc3cc(S(=O)(=O)[O-])ccc3o2)cc1.[Na+]. The van der Waals surface area contributed by atoms with Crippen LogP contribution in [0.2, 0.25) is 0 Å². The first-order chi connectivity index (χ1) is 17.1. The van der Waals surface area contributed by atoms with Crippen LogP contribution in [0.15, 0.2) is 79.2 Å². The van der Waals surface area contributed by atoms with Crippen LogP contribution in [0.4, 0.5) is 0 Å². The van der Waals surface area contributed by atoms with Gasteiger partial charge in [0, 0.05) is 17.0 Å². The smallest absolute Gasteiger partial charge is 0.744 e. The van der Waals surface area contributed by atoms with E-state index >= 15 is 0 Å².